The molecule has 4 nitrogen and oxygen atoms in total. The largest absolute Gasteiger partial charge is 0.353 e. The van der Waals surface area contributed by atoms with Crippen molar-refractivity contribution in [3.63, 3.8) is 0 Å². The molecule has 1 N–H and O–H groups in total. The van der Waals surface area contributed by atoms with Crippen LogP contribution in [0.2, 0.25) is 0 Å². The van der Waals surface area contributed by atoms with E-state index in [1.54, 1.807) is 0 Å². The van der Waals surface area contributed by atoms with Crippen LogP contribution in [0, 0.1) is 5.92 Å². The molecule has 0 bridgehead atoms. The van der Waals surface area contributed by atoms with E-state index in [-0.39, 0.29) is 29.7 Å². The molecule has 23 heavy (non-hydrogen) atoms. The first kappa shape index (κ1) is 16.0. The molecule has 1 aromatic carbocycles. The van der Waals surface area contributed by atoms with Gasteiger partial charge in [-0.25, -0.2) is 0 Å². The van der Waals surface area contributed by atoms with Gasteiger partial charge in [-0.2, -0.15) is 0 Å². The molecule has 1 atom stereocenters. The lowest BCUT2D eigenvalue weighted by Gasteiger charge is -2.33. The Bertz CT molecular complexity index is 546. The molecular weight excluding hydrogens is 288 g/mol. The molecule has 1 saturated carbocycles. The van der Waals surface area contributed by atoms with E-state index < -0.39 is 0 Å². The van der Waals surface area contributed by atoms with E-state index in [9.17, 15) is 9.59 Å². The minimum absolute atomic E-state index is 0.215. The summed E-state index contributed by atoms with van der Waals surface area (Å²) in [5.74, 6) is 0.957. The molecule has 1 heterocycles. The van der Waals surface area contributed by atoms with Crippen molar-refractivity contribution in [3.8, 4) is 0 Å². The Morgan fingerprint density at radius 1 is 1.13 bits per heavy atom. The van der Waals surface area contributed by atoms with Crippen molar-refractivity contribution >= 4 is 11.8 Å². The van der Waals surface area contributed by atoms with Crippen LogP contribution in [-0.4, -0.2) is 35.8 Å². The van der Waals surface area contributed by atoms with E-state index in [0.717, 1.165) is 38.8 Å². The van der Waals surface area contributed by atoms with Crippen molar-refractivity contribution in [3.05, 3.63) is 35.9 Å². The predicted molar refractivity (Wildman–Crippen MR) is 89.9 cm³/mol. The summed E-state index contributed by atoms with van der Waals surface area (Å²) in [6.45, 7) is 3.63. The van der Waals surface area contributed by atoms with E-state index in [0.29, 0.717) is 6.42 Å². The maximum Gasteiger partial charge on any atom is 0.223 e. The normalized spacial score (nSPS) is 20.1. The monoisotopic (exact) mass is 314 g/mol. The van der Waals surface area contributed by atoms with Gasteiger partial charge in [-0.05, 0) is 37.2 Å². The minimum atomic E-state index is 0.215. The number of benzene rings is 1. The molecule has 2 fully saturated rings. The molecule has 1 aromatic rings. The second kappa shape index (κ2) is 7.16. The van der Waals surface area contributed by atoms with Crippen molar-refractivity contribution in [2.24, 2.45) is 5.92 Å². The van der Waals surface area contributed by atoms with E-state index in [4.69, 9.17) is 0 Å². The van der Waals surface area contributed by atoms with Gasteiger partial charge in [-0.15, -0.1) is 0 Å². The Hall–Kier alpha value is -1.84. The van der Waals surface area contributed by atoms with Gasteiger partial charge in [0.1, 0.15) is 0 Å². The van der Waals surface area contributed by atoms with Crippen LogP contribution in [0.25, 0.3) is 0 Å². The molecule has 2 amide bonds. The van der Waals surface area contributed by atoms with E-state index in [1.165, 1.54) is 5.56 Å². The van der Waals surface area contributed by atoms with E-state index in [2.05, 4.69) is 24.4 Å². The van der Waals surface area contributed by atoms with Gasteiger partial charge in [0.15, 0.2) is 0 Å². The van der Waals surface area contributed by atoms with Crippen LogP contribution in [0.15, 0.2) is 30.3 Å². The highest BCUT2D eigenvalue weighted by atomic mass is 16.2. The third kappa shape index (κ3) is 4.34. The molecule has 4 heteroatoms. The number of carbonyl (C=O) groups excluding carboxylic acids is 2. The molecule has 1 aliphatic carbocycles. The third-order valence-corrected chi connectivity index (χ3v) is 4.99. The van der Waals surface area contributed by atoms with Gasteiger partial charge in [0.05, 0.1) is 0 Å². The third-order valence-electron chi connectivity index (χ3n) is 4.99. The fourth-order valence-electron chi connectivity index (χ4n) is 3.23. The average Bonchev–Trinajstić information content (AvgIpc) is 3.41. The van der Waals surface area contributed by atoms with Gasteiger partial charge in [0.25, 0.3) is 0 Å². The SMILES string of the molecule is CC(CC(=O)N1CCC(NC(=O)C2CC2)CC1)c1ccccc1. The lowest BCUT2D eigenvalue weighted by molar-refractivity contribution is -0.132. The number of hydrogen-bond acceptors (Lipinski definition) is 2. The number of nitrogens with zero attached hydrogens (tertiary/aromatic N) is 1. The molecule has 0 radical (unpaired) electrons. The van der Waals surface area contributed by atoms with Gasteiger partial charge in [0.2, 0.25) is 11.8 Å². The zero-order valence-corrected chi connectivity index (χ0v) is 13.8. The molecule has 0 spiro atoms. The van der Waals surface area contributed by atoms with Crippen LogP contribution < -0.4 is 5.32 Å². The quantitative estimate of drug-likeness (QED) is 0.908. The highest BCUT2D eigenvalue weighted by Crippen LogP contribution is 2.29. The number of rotatable bonds is 5. The molecule has 1 unspecified atom stereocenters. The molecule has 3 rings (SSSR count). The summed E-state index contributed by atoms with van der Waals surface area (Å²) in [5, 5.41) is 3.13. The van der Waals surface area contributed by atoms with Gasteiger partial charge >= 0.3 is 0 Å². The summed E-state index contributed by atoms with van der Waals surface area (Å²) in [6, 6.07) is 10.4. The Morgan fingerprint density at radius 3 is 2.39 bits per heavy atom. The Kier molecular flexibility index (Phi) is 4.99. The summed E-state index contributed by atoms with van der Waals surface area (Å²) >= 11 is 0. The van der Waals surface area contributed by atoms with Crippen LogP contribution in [0.5, 0.6) is 0 Å². The van der Waals surface area contributed by atoms with Crippen LogP contribution >= 0.6 is 0 Å². The highest BCUT2D eigenvalue weighted by molar-refractivity contribution is 5.81. The average molecular weight is 314 g/mol. The number of likely N-dealkylation sites (tertiary alicyclic amines) is 1. The first-order chi connectivity index (χ1) is 11.1. The van der Waals surface area contributed by atoms with Gasteiger partial charge in [-0.1, -0.05) is 37.3 Å². The molecular formula is C19H26N2O2. The standard InChI is InChI=1S/C19H26N2O2/c1-14(15-5-3-2-4-6-15)13-18(22)21-11-9-17(10-12-21)20-19(23)16-7-8-16/h2-6,14,16-17H,7-13H2,1H3,(H,20,23). The fraction of sp³-hybridized carbons (Fsp3) is 0.579. The van der Waals surface area contributed by atoms with Crippen molar-refractivity contribution in [2.75, 3.05) is 13.1 Å². The Morgan fingerprint density at radius 2 is 1.78 bits per heavy atom. The summed E-state index contributed by atoms with van der Waals surface area (Å²) in [4.78, 5) is 26.2. The van der Waals surface area contributed by atoms with Crippen LogP contribution in [0.4, 0.5) is 0 Å². The number of piperidine rings is 1. The maximum atomic E-state index is 12.5. The van der Waals surface area contributed by atoms with Gasteiger partial charge < -0.3 is 10.2 Å². The number of amides is 2. The fourth-order valence-corrected chi connectivity index (χ4v) is 3.23. The predicted octanol–water partition coefficient (Wildman–Crippen LogP) is 2.70. The maximum absolute atomic E-state index is 12.5. The molecule has 1 saturated heterocycles. The zero-order chi connectivity index (χ0) is 16.2. The number of hydrogen-bond donors (Lipinski definition) is 1. The summed E-state index contributed by atoms with van der Waals surface area (Å²) in [6.07, 6.45) is 4.40. The van der Waals surface area contributed by atoms with Crippen molar-refractivity contribution in [2.45, 2.75) is 51.0 Å². The summed E-state index contributed by atoms with van der Waals surface area (Å²) in [5.41, 5.74) is 1.22. The topological polar surface area (TPSA) is 49.4 Å². The highest BCUT2D eigenvalue weighted by Gasteiger charge is 2.32. The number of nitrogens with one attached hydrogen (secondary N) is 1. The van der Waals surface area contributed by atoms with Crippen LogP contribution in [-0.2, 0) is 9.59 Å². The second-order valence-corrected chi connectivity index (χ2v) is 6.95. The molecule has 0 aromatic heterocycles. The van der Waals surface area contributed by atoms with E-state index >= 15 is 0 Å². The van der Waals surface area contributed by atoms with Crippen molar-refractivity contribution < 1.29 is 9.59 Å². The zero-order valence-electron chi connectivity index (χ0n) is 13.8. The van der Waals surface area contributed by atoms with Crippen molar-refractivity contribution in [1.82, 2.24) is 10.2 Å². The Labute approximate surface area is 138 Å². The van der Waals surface area contributed by atoms with Gasteiger partial charge in [0, 0.05) is 31.5 Å². The van der Waals surface area contributed by atoms with Crippen molar-refractivity contribution in [1.29, 1.82) is 0 Å². The summed E-state index contributed by atoms with van der Waals surface area (Å²) in [7, 11) is 0. The Balaban J connectivity index is 1.43. The molecule has 1 aliphatic heterocycles. The number of carbonyl (C=O) groups is 2. The first-order valence-electron chi connectivity index (χ1n) is 8.76. The lowest BCUT2D eigenvalue weighted by Crippen LogP contribution is -2.47. The smallest absolute Gasteiger partial charge is 0.223 e. The molecule has 2 aliphatic rings. The second-order valence-electron chi connectivity index (χ2n) is 6.95. The van der Waals surface area contributed by atoms with E-state index in [1.807, 2.05) is 23.1 Å². The summed E-state index contributed by atoms with van der Waals surface area (Å²) < 4.78 is 0. The lowest BCUT2D eigenvalue weighted by atomic mass is 9.96. The molecule has 124 valence electrons. The minimum Gasteiger partial charge on any atom is -0.353 e. The first-order valence-corrected chi connectivity index (χ1v) is 8.76. The van der Waals surface area contributed by atoms with Crippen LogP contribution in [0.3, 0.4) is 0 Å². The van der Waals surface area contributed by atoms with Crippen LogP contribution in [0.1, 0.15) is 50.5 Å². The van der Waals surface area contributed by atoms with Gasteiger partial charge in [-0.3, -0.25) is 9.59 Å².